The minimum atomic E-state index is 0.0589. The maximum atomic E-state index is 11.8. The van der Waals surface area contributed by atoms with Crippen molar-refractivity contribution in [3.63, 3.8) is 0 Å². The Kier molecular flexibility index (Phi) is 2.40. The Morgan fingerprint density at radius 2 is 2.00 bits per heavy atom. The molecular formula is C13H14ClNO. The fourth-order valence-corrected chi connectivity index (χ4v) is 3.14. The van der Waals surface area contributed by atoms with Crippen molar-refractivity contribution >= 4 is 17.5 Å². The van der Waals surface area contributed by atoms with Gasteiger partial charge in [0, 0.05) is 10.6 Å². The predicted octanol–water partition coefficient (Wildman–Crippen LogP) is 3.31. The standard InChI is InChI=1S/C13H14ClNO/c14-9-5-6-10-11(7-9)12(15-13(10)16)8-3-1-2-4-8/h5-8,12H,1-4H2,(H,15,16). The Morgan fingerprint density at radius 3 is 2.75 bits per heavy atom. The van der Waals surface area contributed by atoms with Crippen molar-refractivity contribution in [1.29, 1.82) is 0 Å². The molecule has 1 aliphatic carbocycles. The van der Waals surface area contributed by atoms with E-state index in [1.807, 2.05) is 12.1 Å². The maximum Gasteiger partial charge on any atom is 0.252 e. The molecule has 16 heavy (non-hydrogen) atoms. The van der Waals surface area contributed by atoms with Crippen molar-refractivity contribution < 1.29 is 4.79 Å². The molecule has 3 heteroatoms. The molecule has 1 aliphatic heterocycles. The summed E-state index contributed by atoms with van der Waals surface area (Å²) in [5, 5.41) is 3.81. The average Bonchev–Trinajstić information content (AvgIpc) is 2.86. The van der Waals surface area contributed by atoms with Crippen LogP contribution in [0.25, 0.3) is 0 Å². The third-order valence-electron chi connectivity index (χ3n) is 3.75. The Balaban J connectivity index is 1.99. The van der Waals surface area contributed by atoms with Gasteiger partial charge in [0.2, 0.25) is 0 Å². The van der Waals surface area contributed by atoms with E-state index in [9.17, 15) is 4.79 Å². The van der Waals surface area contributed by atoms with Gasteiger partial charge < -0.3 is 5.32 Å². The van der Waals surface area contributed by atoms with Gasteiger partial charge in [-0.05, 0) is 42.5 Å². The van der Waals surface area contributed by atoms with Gasteiger partial charge in [0.25, 0.3) is 5.91 Å². The Labute approximate surface area is 100.0 Å². The lowest BCUT2D eigenvalue weighted by atomic mass is 9.92. The number of rotatable bonds is 1. The van der Waals surface area contributed by atoms with Gasteiger partial charge in [-0.15, -0.1) is 0 Å². The van der Waals surface area contributed by atoms with E-state index in [0.29, 0.717) is 5.92 Å². The molecule has 1 unspecified atom stereocenters. The number of hydrogen-bond acceptors (Lipinski definition) is 1. The van der Waals surface area contributed by atoms with Crippen molar-refractivity contribution in [3.05, 3.63) is 34.3 Å². The van der Waals surface area contributed by atoms with Crippen molar-refractivity contribution in [3.8, 4) is 0 Å². The lowest BCUT2D eigenvalue weighted by molar-refractivity contribution is 0.0946. The lowest BCUT2D eigenvalue weighted by Crippen LogP contribution is -2.24. The van der Waals surface area contributed by atoms with Gasteiger partial charge >= 0.3 is 0 Å². The number of nitrogens with one attached hydrogen (secondary N) is 1. The number of hydrogen-bond donors (Lipinski definition) is 1. The van der Waals surface area contributed by atoms with E-state index < -0.39 is 0 Å². The number of carbonyl (C=O) groups is 1. The minimum absolute atomic E-state index is 0.0589. The van der Waals surface area contributed by atoms with Crippen LogP contribution in [-0.2, 0) is 0 Å². The topological polar surface area (TPSA) is 29.1 Å². The molecule has 0 saturated heterocycles. The van der Waals surface area contributed by atoms with Gasteiger partial charge in [0.1, 0.15) is 0 Å². The van der Waals surface area contributed by atoms with Crippen LogP contribution in [0.4, 0.5) is 0 Å². The van der Waals surface area contributed by atoms with E-state index in [1.165, 1.54) is 25.7 Å². The van der Waals surface area contributed by atoms with Gasteiger partial charge in [-0.3, -0.25) is 4.79 Å². The Hall–Kier alpha value is -1.02. The second kappa shape index (κ2) is 3.77. The van der Waals surface area contributed by atoms with E-state index in [1.54, 1.807) is 6.07 Å². The molecule has 0 aromatic heterocycles. The summed E-state index contributed by atoms with van der Waals surface area (Å²) in [4.78, 5) is 11.8. The Bertz CT molecular complexity index is 438. The second-order valence-electron chi connectivity index (χ2n) is 4.73. The third-order valence-corrected chi connectivity index (χ3v) is 3.99. The first kappa shape index (κ1) is 10.2. The largest absolute Gasteiger partial charge is 0.345 e. The fraction of sp³-hybridized carbons (Fsp3) is 0.462. The molecule has 84 valence electrons. The SMILES string of the molecule is O=C1NC(C2CCCC2)c2cc(Cl)ccc21. The summed E-state index contributed by atoms with van der Waals surface area (Å²) in [6.07, 6.45) is 5.01. The molecule has 0 spiro atoms. The molecule has 0 radical (unpaired) electrons. The van der Waals surface area contributed by atoms with E-state index in [2.05, 4.69) is 5.32 Å². The van der Waals surface area contributed by atoms with Gasteiger partial charge in [-0.2, -0.15) is 0 Å². The summed E-state index contributed by atoms with van der Waals surface area (Å²) in [6.45, 7) is 0. The van der Waals surface area contributed by atoms with Crippen molar-refractivity contribution in [2.75, 3.05) is 0 Å². The van der Waals surface area contributed by atoms with E-state index in [0.717, 1.165) is 16.1 Å². The molecule has 3 rings (SSSR count). The highest BCUT2D eigenvalue weighted by molar-refractivity contribution is 6.30. The third kappa shape index (κ3) is 1.52. The Morgan fingerprint density at radius 1 is 1.25 bits per heavy atom. The fourth-order valence-electron chi connectivity index (χ4n) is 2.96. The molecular weight excluding hydrogens is 222 g/mol. The first-order valence-corrected chi connectivity index (χ1v) is 6.24. The molecule has 1 fully saturated rings. The van der Waals surface area contributed by atoms with Crippen LogP contribution in [-0.4, -0.2) is 5.91 Å². The molecule has 2 nitrogen and oxygen atoms in total. The number of benzene rings is 1. The van der Waals surface area contributed by atoms with E-state index in [4.69, 9.17) is 11.6 Å². The summed E-state index contributed by atoms with van der Waals surface area (Å²) in [7, 11) is 0. The first-order valence-electron chi connectivity index (χ1n) is 5.86. The quantitative estimate of drug-likeness (QED) is 0.795. The second-order valence-corrected chi connectivity index (χ2v) is 5.16. The zero-order valence-corrected chi connectivity index (χ0v) is 9.76. The summed E-state index contributed by atoms with van der Waals surface area (Å²) < 4.78 is 0. The van der Waals surface area contributed by atoms with E-state index in [-0.39, 0.29) is 11.9 Å². The molecule has 2 aliphatic rings. The van der Waals surface area contributed by atoms with E-state index >= 15 is 0 Å². The van der Waals surface area contributed by atoms with Crippen LogP contribution >= 0.6 is 11.6 Å². The average molecular weight is 236 g/mol. The van der Waals surface area contributed by atoms with Crippen LogP contribution in [0.2, 0.25) is 5.02 Å². The zero-order valence-electron chi connectivity index (χ0n) is 9.00. The van der Waals surface area contributed by atoms with Crippen molar-refractivity contribution in [2.24, 2.45) is 5.92 Å². The number of carbonyl (C=O) groups excluding carboxylic acids is 1. The van der Waals surface area contributed by atoms with Crippen molar-refractivity contribution in [2.45, 2.75) is 31.7 Å². The molecule has 1 aromatic carbocycles. The number of fused-ring (bicyclic) bond motifs is 1. The van der Waals surface area contributed by atoms with Crippen LogP contribution in [0.3, 0.4) is 0 Å². The van der Waals surface area contributed by atoms with Crippen molar-refractivity contribution in [1.82, 2.24) is 5.32 Å². The lowest BCUT2D eigenvalue weighted by Gasteiger charge is -2.19. The molecule has 1 N–H and O–H groups in total. The molecule has 1 saturated carbocycles. The molecule has 1 amide bonds. The summed E-state index contributed by atoms with van der Waals surface area (Å²) in [5.74, 6) is 0.659. The molecule has 1 heterocycles. The molecule has 1 atom stereocenters. The van der Waals surface area contributed by atoms with Crippen LogP contribution in [0.15, 0.2) is 18.2 Å². The zero-order chi connectivity index (χ0) is 11.1. The number of halogens is 1. The van der Waals surface area contributed by atoms with Crippen LogP contribution in [0.5, 0.6) is 0 Å². The van der Waals surface area contributed by atoms with Crippen LogP contribution in [0, 0.1) is 5.92 Å². The van der Waals surface area contributed by atoms with Crippen LogP contribution < -0.4 is 5.32 Å². The van der Waals surface area contributed by atoms with Gasteiger partial charge in [0.05, 0.1) is 6.04 Å². The van der Waals surface area contributed by atoms with Gasteiger partial charge in [0.15, 0.2) is 0 Å². The normalized spacial score (nSPS) is 24.6. The predicted molar refractivity (Wildman–Crippen MR) is 63.6 cm³/mol. The summed E-state index contributed by atoms with van der Waals surface area (Å²) in [5.41, 5.74) is 1.91. The maximum absolute atomic E-state index is 11.8. The minimum Gasteiger partial charge on any atom is -0.345 e. The molecule has 0 bridgehead atoms. The summed E-state index contributed by atoms with van der Waals surface area (Å²) >= 11 is 6.00. The van der Waals surface area contributed by atoms with Gasteiger partial charge in [-0.1, -0.05) is 24.4 Å². The summed E-state index contributed by atoms with van der Waals surface area (Å²) in [6, 6.07) is 5.76. The highest BCUT2D eigenvalue weighted by atomic mass is 35.5. The smallest absolute Gasteiger partial charge is 0.252 e. The van der Waals surface area contributed by atoms with Gasteiger partial charge in [-0.25, -0.2) is 0 Å². The molecule has 1 aromatic rings. The highest BCUT2D eigenvalue weighted by Crippen LogP contribution is 2.40. The highest BCUT2D eigenvalue weighted by Gasteiger charge is 2.35. The van der Waals surface area contributed by atoms with Crippen LogP contribution in [0.1, 0.15) is 47.6 Å². The monoisotopic (exact) mass is 235 g/mol. The first-order chi connectivity index (χ1) is 7.75. The number of amides is 1.